The third-order valence-electron chi connectivity index (χ3n) is 2.10. The fourth-order valence-corrected chi connectivity index (χ4v) is 3.64. The quantitative estimate of drug-likeness (QED) is 0.816. The van der Waals surface area contributed by atoms with Crippen LogP contribution in [0, 0.1) is 11.3 Å². The number of hydrogen-bond acceptors (Lipinski definition) is 5. The average Bonchev–Trinajstić information content (AvgIpc) is 2.75. The number of nitrogens with one attached hydrogen (secondary N) is 1. The molecule has 2 N–H and O–H groups in total. The van der Waals surface area contributed by atoms with E-state index in [9.17, 15) is 13.2 Å². The molecule has 6 nitrogen and oxygen atoms in total. The van der Waals surface area contributed by atoms with Crippen LogP contribution < -0.4 is 4.72 Å². The number of aliphatic carboxylic acids is 1. The lowest BCUT2D eigenvalue weighted by Crippen LogP contribution is -2.32. The fraction of sp³-hybridized carbons (Fsp3) is 0.400. The summed E-state index contributed by atoms with van der Waals surface area (Å²) in [7, 11) is -3.67. The van der Waals surface area contributed by atoms with E-state index in [1.165, 1.54) is 12.1 Å². The normalized spacial score (nSPS) is 12.9. The van der Waals surface area contributed by atoms with E-state index in [2.05, 4.69) is 4.72 Å². The van der Waals surface area contributed by atoms with Crippen molar-refractivity contribution in [2.45, 2.75) is 30.0 Å². The Bertz CT molecular complexity index is 571. The van der Waals surface area contributed by atoms with Crippen LogP contribution >= 0.6 is 11.3 Å². The Kier molecular flexibility index (Phi) is 4.84. The Morgan fingerprint density at radius 2 is 2.28 bits per heavy atom. The molecule has 8 heteroatoms. The summed E-state index contributed by atoms with van der Waals surface area (Å²) < 4.78 is 26.1. The summed E-state index contributed by atoms with van der Waals surface area (Å²) in [5.74, 6) is -0.969. The molecule has 0 aliphatic heterocycles. The lowest BCUT2D eigenvalue weighted by atomic mass is 10.2. The minimum atomic E-state index is -3.67. The van der Waals surface area contributed by atoms with Gasteiger partial charge in [-0.15, -0.1) is 11.3 Å². The maximum atomic E-state index is 11.9. The molecule has 1 aromatic heterocycles. The van der Waals surface area contributed by atoms with Gasteiger partial charge in [-0.2, -0.15) is 5.26 Å². The Morgan fingerprint density at radius 1 is 1.61 bits per heavy atom. The second-order valence-electron chi connectivity index (χ2n) is 3.69. The van der Waals surface area contributed by atoms with Crippen LogP contribution in [0.3, 0.4) is 0 Å². The first-order valence-electron chi connectivity index (χ1n) is 5.09. The second kappa shape index (κ2) is 5.95. The first kappa shape index (κ1) is 14.6. The van der Waals surface area contributed by atoms with Gasteiger partial charge >= 0.3 is 5.97 Å². The van der Waals surface area contributed by atoms with Crippen LogP contribution in [0.25, 0.3) is 0 Å². The SMILES string of the molecule is CC(CCC(=O)O)NS(=O)(=O)c1ccc(C#N)s1. The molecular formula is C10H12N2O4S2. The Morgan fingerprint density at radius 3 is 2.78 bits per heavy atom. The van der Waals surface area contributed by atoms with Crippen molar-refractivity contribution in [1.82, 2.24) is 4.72 Å². The highest BCUT2D eigenvalue weighted by Crippen LogP contribution is 2.21. The molecule has 0 aromatic carbocycles. The second-order valence-corrected chi connectivity index (χ2v) is 6.71. The number of sulfonamides is 1. The number of nitrogens with zero attached hydrogens (tertiary/aromatic N) is 1. The maximum absolute atomic E-state index is 11.9. The van der Waals surface area contributed by atoms with Gasteiger partial charge in [-0.25, -0.2) is 13.1 Å². The Labute approximate surface area is 109 Å². The summed E-state index contributed by atoms with van der Waals surface area (Å²) in [5.41, 5.74) is 0. The van der Waals surface area contributed by atoms with Crippen molar-refractivity contribution in [3.05, 3.63) is 17.0 Å². The minimum absolute atomic E-state index is 0.0567. The van der Waals surface area contributed by atoms with Crippen molar-refractivity contribution in [2.75, 3.05) is 0 Å². The molecule has 0 aliphatic rings. The maximum Gasteiger partial charge on any atom is 0.303 e. The van der Waals surface area contributed by atoms with E-state index < -0.39 is 22.0 Å². The molecule has 1 heterocycles. The number of thiophene rings is 1. The van der Waals surface area contributed by atoms with Crippen molar-refractivity contribution in [3.63, 3.8) is 0 Å². The molecule has 0 saturated carbocycles. The molecule has 0 amide bonds. The standard InChI is InChI=1S/C10H12N2O4S2/c1-7(2-4-9(13)14)12-18(15,16)10-5-3-8(6-11)17-10/h3,5,7,12H,2,4H2,1H3,(H,13,14). The number of carboxylic acid groups (broad SMARTS) is 1. The van der Waals surface area contributed by atoms with Gasteiger partial charge in [-0.1, -0.05) is 0 Å². The van der Waals surface area contributed by atoms with Gasteiger partial charge in [-0.05, 0) is 25.5 Å². The van der Waals surface area contributed by atoms with Crippen molar-refractivity contribution >= 4 is 27.3 Å². The van der Waals surface area contributed by atoms with Gasteiger partial charge in [-0.3, -0.25) is 4.79 Å². The van der Waals surface area contributed by atoms with E-state index in [0.29, 0.717) is 4.88 Å². The number of carbonyl (C=O) groups is 1. The van der Waals surface area contributed by atoms with Gasteiger partial charge in [0.25, 0.3) is 0 Å². The van der Waals surface area contributed by atoms with Gasteiger partial charge in [0, 0.05) is 12.5 Å². The molecule has 1 atom stereocenters. The van der Waals surface area contributed by atoms with E-state index in [0.717, 1.165) is 11.3 Å². The molecule has 0 aliphatic carbocycles. The monoisotopic (exact) mass is 288 g/mol. The minimum Gasteiger partial charge on any atom is -0.481 e. The third kappa shape index (κ3) is 4.10. The number of nitriles is 1. The zero-order valence-corrected chi connectivity index (χ0v) is 11.2. The highest BCUT2D eigenvalue weighted by atomic mass is 32.2. The predicted octanol–water partition coefficient (Wildman–Crippen LogP) is 1.15. The summed E-state index contributed by atoms with van der Waals surface area (Å²) in [4.78, 5) is 10.7. The molecule has 0 fully saturated rings. The van der Waals surface area contributed by atoms with Gasteiger partial charge < -0.3 is 5.11 Å². The molecule has 18 heavy (non-hydrogen) atoms. The van der Waals surface area contributed by atoms with Crippen LogP contribution in [-0.4, -0.2) is 25.5 Å². The third-order valence-corrected chi connectivity index (χ3v) is 5.18. The first-order chi connectivity index (χ1) is 8.35. The largest absolute Gasteiger partial charge is 0.481 e. The molecule has 0 radical (unpaired) electrons. The van der Waals surface area contributed by atoms with Crippen molar-refractivity contribution in [3.8, 4) is 6.07 Å². The molecule has 1 unspecified atom stereocenters. The average molecular weight is 288 g/mol. The van der Waals surface area contributed by atoms with Crippen molar-refractivity contribution in [2.24, 2.45) is 0 Å². The van der Waals surface area contributed by atoms with E-state index in [4.69, 9.17) is 10.4 Å². The lowest BCUT2D eigenvalue weighted by molar-refractivity contribution is -0.137. The van der Waals surface area contributed by atoms with Gasteiger partial charge in [0.05, 0.1) is 0 Å². The van der Waals surface area contributed by atoms with Crippen LogP contribution in [0.1, 0.15) is 24.6 Å². The molecule has 1 aromatic rings. The zero-order chi connectivity index (χ0) is 13.8. The molecule has 0 saturated heterocycles. The summed E-state index contributed by atoms with van der Waals surface area (Å²) in [5, 5.41) is 17.1. The smallest absolute Gasteiger partial charge is 0.303 e. The summed E-state index contributed by atoms with van der Waals surface area (Å²) in [6.07, 6.45) is 0.114. The molecular weight excluding hydrogens is 276 g/mol. The summed E-state index contributed by atoms with van der Waals surface area (Å²) in [6, 6.07) is 4.18. The van der Waals surface area contributed by atoms with Crippen molar-refractivity contribution in [1.29, 1.82) is 5.26 Å². The predicted molar refractivity (Wildman–Crippen MR) is 65.7 cm³/mol. The van der Waals surface area contributed by atoms with Crippen LogP contribution in [0.5, 0.6) is 0 Å². The number of carboxylic acids is 1. The van der Waals surface area contributed by atoms with Crippen LogP contribution in [0.4, 0.5) is 0 Å². The van der Waals surface area contributed by atoms with Gasteiger partial charge in [0.2, 0.25) is 10.0 Å². The number of rotatable bonds is 6. The number of hydrogen-bond donors (Lipinski definition) is 2. The zero-order valence-electron chi connectivity index (χ0n) is 9.58. The van der Waals surface area contributed by atoms with Crippen LogP contribution in [0.2, 0.25) is 0 Å². The molecule has 1 rings (SSSR count). The van der Waals surface area contributed by atoms with Crippen LogP contribution in [0.15, 0.2) is 16.3 Å². The lowest BCUT2D eigenvalue weighted by Gasteiger charge is -2.11. The van der Waals surface area contributed by atoms with E-state index in [1.807, 2.05) is 6.07 Å². The van der Waals surface area contributed by atoms with Gasteiger partial charge in [0.1, 0.15) is 15.2 Å². The first-order valence-corrected chi connectivity index (χ1v) is 7.39. The molecule has 0 spiro atoms. The Balaban J connectivity index is 2.70. The molecule has 98 valence electrons. The van der Waals surface area contributed by atoms with E-state index >= 15 is 0 Å². The topological polar surface area (TPSA) is 107 Å². The molecule has 0 bridgehead atoms. The highest BCUT2D eigenvalue weighted by Gasteiger charge is 2.19. The van der Waals surface area contributed by atoms with E-state index in [1.54, 1.807) is 6.92 Å². The fourth-order valence-electron chi connectivity index (χ4n) is 1.25. The van der Waals surface area contributed by atoms with Crippen LogP contribution in [-0.2, 0) is 14.8 Å². The summed E-state index contributed by atoms with van der Waals surface area (Å²) >= 11 is 0.878. The summed E-state index contributed by atoms with van der Waals surface area (Å²) in [6.45, 7) is 1.60. The Hall–Kier alpha value is -1.43. The van der Waals surface area contributed by atoms with E-state index in [-0.39, 0.29) is 17.1 Å². The van der Waals surface area contributed by atoms with Crippen molar-refractivity contribution < 1.29 is 18.3 Å². The van der Waals surface area contributed by atoms with Gasteiger partial charge in [0.15, 0.2) is 0 Å². The highest BCUT2D eigenvalue weighted by molar-refractivity contribution is 7.91.